The standard InChI is InChI=1S/C25H25F3N2O3/c26-25(27,28)16-7-8-18-15(9-22(14-3-1-4-14)33-23(18)11-16)10-24(32)30-21-6-2-5-20-19(21)12-17(31)13-29-20/h2,5-8,10-11,14,17,22,29,31H,1,3-4,9,12-13H2,(H,30,32). The minimum absolute atomic E-state index is 0.177. The number of ether oxygens (including phenoxy) is 1. The lowest BCUT2D eigenvalue weighted by molar-refractivity contribution is -0.137. The predicted octanol–water partition coefficient (Wildman–Crippen LogP) is 5.01. The second-order valence-electron chi connectivity index (χ2n) is 8.99. The molecule has 33 heavy (non-hydrogen) atoms. The van der Waals surface area contributed by atoms with E-state index in [1.807, 2.05) is 12.1 Å². The molecule has 0 bridgehead atoms. The number of carbonyl (C=O) groups excluding carboxylic acids is 1. The molecule has 1 fully saturated rings. The molecule has 5 rings (SSSR count). The van der Waals surface area contributed by atoms with Gasteiger partial charge >= 0.3 is 6.18 Å². The monoisotopic (exact) mass is 458 g/mol. The van der Waals surface area contributed by atoms with Crippen LogP contribution >= 0.6 is 0 Å². The first-order valence-electron chi connectivity index (χ1n) is 11.2. The van der Waals surface area contributed by atoms with Crippen molar-refractivity contribution in [1.29, 1.82) is 0 Å². The van der Waals surface area contributed by atoms with E-state index in [1.165, 1.54) is 12.1 Å². The number of anilines is 2. The highest BCUT2D eigenvalue weighted by Gasteiger charge is 2.36. The van der Waals surface area contributed by atoms with E-state index < -0.39 is 17.8 Å². The summed E-state index contributed by atoms with van der Waals surface area (Å²) in [5.74, 6) is 0.0999. The molecule has 2 aromatic rings. The average molecular weight is 458 g/mol. The molecule has 2 atom stereocenters. The van der Waals surface area contributed by atoms with Gasteiger partial charge in [0.15, 0.2) is 0 Å². The number of fused-ring (bicyclic) bond motifs is 2. The summed E-state index contributed by atoms with van der Waals surface area (Å²) in [5.41, 5.74) is 2.73. The van der Waals surface area contributed by atoms with E-state index in [4.69, 9.17) is 4.74 Å². The van der Waals surface area contributed by atoms with Gasteiger partial charge in [0, 0.05) is 48.0 Å². The molecule has 0 aromatic heterocycles. The number of rotatable bonds is 3. The molecule has 2 aliphatic heterocycles. The van der Waals surface area contributed by atoms with E-state index in [-0.39, 0.29) is 23.7 Å². The Morgan fingerprint density at radius 3 is 2.73 bits per heavy atom. The average Bonchev–Trinajstić information content (AvgIpc) is 2.72. The Kier molecular flexibility index (Phi) is 5.56. The second kappa shape index (κ2) is 8.41. The van der Waals surface area contributed by atoms with Crippen LogP contribution in [0, 0.1) is 5.92 Å². The summed E-state index contributed by atoms with van der Waals surface area (Å²) in [6, 6.07) is 8.94. The van der Waals surface area contributed by atoms with Crippen LogP contribution in [0.25, 0.3) is 5.57 Å². The Labute approximate surface area is 189 Å². The first kappa shape index (κ1) is 21.8. The fourth-order valence-corrected chi connectivity index (χ4v) is 4.76. The third-order valence-corrected chi connectivity index (χ3v) is 6.74. The van der Waals surface area contributed by atoms with Gasteiger partial charge in [0.05, 0.1) is 11.7 Å². The molecule has 2 heterocycles. The van der Waals surface area contributed by atoms with Gasteiger partial charge in [0.25, 0.3) is 0 Å². The number of aliphatic hydroxyl groups is 1. The van der Waals surface area contributed by atoms with Crippen LogP contribution in [0.3, 0.4) is 0 Å². The van der Waals surface area contributed by atoms with Gasteiger partial charge in [0.1, 0.15) is 11.9 Å². The van der Waals surface area contributed by atoms with E-state index >= 15 is 0 Å². The quantitative estimate of drug-likeness (QED) is 0.566. The van der Waals surface area contributed by atoms with Crippen molar-refractivity contribution in [2.75, 3.05) is 17.2 Å². The lowest BCUT2D eigenvalue weighted by Gasteiger charge is -2.38. The Balaban J connectivity index is 1.44. The van der Waals surface area contributed by atoms with Gasteiger partial charge in [0.2, 0.25) is 5.91 Å². The molecule has 0 spiro atoms. The van der Waals surface area contributed by atoms with Gasteiger partial charge in [-0.2, -0.15) is 13.2 Å². The van der Waals surface area contributed by atoms with Crippen molar-refractivity contribution >= 4 is 22.9 Å². The number of carbonyl (C=O) groups is 1. The van der Waals surface area contributed by atoms with Crippen molar-refractivity contribution < 1.29 is 27.8 Å². The fraction of sp³-hybridized carbons (Fsp3) is 0.400. The zero-order chi connectivity index (χ0) is 23.2. The Morgan fingerprint density at radius 1 is 1.18 bits per heavy atom. The summed E-state index contributed by atoms with van der Waals surface area (Å²) < 4.78 is 45.7. The van der Waals surface area contributed by atoms with Gasteiger partial charge in [-0.3, -0.25) is 4.79 Å². The molecule has 5 nitrogen and oxygen atoms in total. The molecule has 174 valence electrons. The number of β-amino-alcohol motifs (C(OH)–C–C–N with tert-alkyl or cyclic N) is 1. The number of amides is 1. The van der Waals surface area contributed by atoms with Crippen LogP contribution in [0.2, 0.25) is 0 Å². The van der Waals surface area contributed by atoms with Gasteiger partial charge in [-0.1, -0.05) is 18.6 Å². The highest BCUT2D eigenvalue weighted by atomic mass is 19.4. The normalized spacial score (nSPS) is 23.6. The van der Waals surface area contributed by atoms with E-state index in [0.29, 0.717) is 36.2 Å². The summed E-state index contributed by atoms with van der Waals surface area (Å²) in [6.45, 7) is 0.452. The molecule has 3 aliphatic rings. The third kappa shape index (κ3) is 4.44. The maximum atomic E-state index is 13.2. The largest absolute Gasteiger partial charge is 0.489 e. The van der Waals surface area contributed by atoms with Gasteiger partial charge in [-0.25, -0.2) is 0 Å². The number of benzene rings is 2. The second-order valence-corrected chi connectivity index (χ2v) is 8.99. The van der Waals surface area contributed by atoms with E-state index in [2.05, 4.69) is 10.6 Å². The minimum atomic E-state index is -4.46. The van der Waals surface area contributed by atoms with Crippen LogP contribution in [0.4, 0.5) is 24.5 Å². The minimum Gasteiger partial charge on any atom is -0.489 e. The number of hydrogen-bond acceptors (Lipinski definition) is 4. The zero-order valence-electron chi connectivity index (χ0n) is 17.9. The molecular weight excluding hydrogens is 433 g/mol. The van der Waals surface area contributed by atoms with Crippen LogP contribution in [0.5, 0.6) is 5.75 Å². The molecule has 1 amide bonds. The molecule has 2 unspecified atom stereocenters. The molecular formula is C25H25F3N2O3. The van der Waals surface area contributed by atoms with Crippen molar-refractivity contribution in [1.82, 2.24) is 0 Å². The predicted molar refractivity (Wildman–Crippen MR) is 119 cm³/mol. The van der Waals surface area contributed by atoms with Crippen LogP contribution in [-0.4, -0.2) is 29.8 Å². The maximum absolute atomic E-state index is 13.2. The SMILES string of the molecule is O=C(C=C1CC(C2CCC2)Oc2cc(C(F)(F)F)ccc21)Nc1cccc2c1CC(O)CN2. The van der Waals surface area contributed by atoms with E-state index in [9.17, 15) is 23.1 Å². The number of aliphatic hydroxyl groups excluding tert-OH is 1. The molecule has 1 aliphatic carbocycles. The van der Waals surface area contributed by atoms with E-state index in [0.717, 1.165) is 42.6 Å². The van der Waals surface area contributed by atoms with Crippen LogP contribution in [0.1, 0.15) is 42.4 Å². The molecule has 0 saturated heterocycles. The van der Waals surface area contributed by atoms with Crippen molar-refractivity contribution in [3.8, 4) is 5.75 Å². The highest BCUT2D eigenvalue weighted by molar-refractivity contribution is 6.05. The van der Waals surface area contributed by atoms with Gasteiger partial charge < -0.3 is 20.5 Å². The van der Waals surface area contributed by atoms with Crippen LogP contribution in [-0.2, 0) is 17.4 Å². The number of hydrogen-bond donors (Lipinski definition) is 3. The summed E-state index contributed by atoms with van der Waals surface area (Å²) in [4.78, 5) is 13.0. The molecule has 3 N–H and O–H groups in total. The Morgan fingerprint density at radius 2 is 2.00 bits per heavy atom. The van der Waals surface area contributed by atoms with Crippen molar-refractivity contribution in [2.45, 2.75) is 50.5 Å². The summed E-state index contributed by atoms with van der Waals surface area (Å²) in [5, 5.41) is 16.0. The Hall–Kier alpha value is -3.00. The summed E-state index contributed by atoms with van der Waals surface area (Å²) >= 11 is 0. The lowest BCUT2D eigenvalue weighted by atomic mass is 9.77. The Bertz CT molecular complexity index is 1110. The van der Waals surface area contributed by atoms with Crippen molar-refractivity contribution in [3.05, 3.63) is 59.2 Å². The fourth-order valence-electron chi connectivity index (χ4n) is 4.76. The lowest BCUT2D eigenvalue weighted by Crippen LogP contribution is -2.34. The van der Waals surface area contributed by atoms with Crippen molar-refractivity contribution in [2.24, 2.45) is 5.92 Å². The van der Waals surface area contributed by atoms with Gasteiger partial charge in [-0.05, 0) is 48.6 Å². The van der Waals surface area contributed by atoms with Gasteiger partial charge in [-0.15, -0.1) is 0 Å². The molecule has 1 saturated carbocycles. The topological polar surface area (TPSA) is 70.6 Å². The number of nitrogens with one attached hydrogen (secondary N) is 2. The first-order chi connectivity index (χ1) is 15.8. The first-order valence-corrected chi connectivity index (χ1v) is 11.2. The summed E-state index contributed by atoms with van der Waals surface area (Å²) in [7, 11) is 0. The number of alkyl halides is 3. The molecule has 0 radical (unpaired) electrons. The van der Waals surface area contributed by atoms with Crippen molar-refractivity contribution in [3.63, 3.8) is 0 Å². The van der Waals surface area contributed by atoms with Crippen LogP contribution in [0.15, 0.2) is 42.5 Å². The number of halogens is 3. The molecule has 8 heteroatoms. The summed E-state index contributed by atoms with van der Waals surface area (Å²) in [6.07, 6.45) is 0.159. The van der Waals surface area contributed by atoms with Crippen LogP contribution < -0.4 is 15.4 Å². The smallest absolute Gasteiger partial charge is 0.416 e. The highest BCUT2D eigenvalue weighted by Crippen LogP contribution is 2.44. The molecule has 2 aromatic carbocycles. The van der Waals surface area contributed by atoms with E-state index in [1.54, 1.807) is 6.07 Å². The zero-order valence-corrected chi connectivity index (χ0v) is 17.9. The maximum Gasteiger partial charge on any atom is 0.416 e. The third-order valence-electron chi connectivity index (χ3n) is 6.74.